The van der Waals surface area contributed by atoms with Crippen LogP contribution in [-0.2, 0) is 6.54 Å². The van der Waals surface area contributed by atoms with Crippen LogP contribution in [-0.4, -0.2) is 20.2 Å². The minimum Gasteiger partial charge on any atom is -0.461 e. The molecule has 19 heavy (non-hydrogen) atoms. The van der Waals surface area contributed by atoms with Crippen molar-refractivity contribution in [2.45, 2.75) is 18.8 Å². The molecule has 0 bridgehead atoms. The standard InChI is InChI=1S/C12H11ClN4O2/c1-8(13)10-7-17(16-14-10)6-9-5-12(19-15-9)11-3-2-4-18-11/h2-5,7-8H,6H2,1H3. The van der Waals surface area contributed by atoms with Crippen LogP contribution in [0.15, 0.2) is 39.6 Å². The first-order chi connectivity index (χ1) is 9.22. The molecule has 3 aromatic rings. The van der Waals surface area contributed by atoms with Crippen LogP contribution < -0.4 is 0 Å². The number of alkyl halides is 1. The maximum atomic E-state index is 5.93. The van der Waals surface area contributed by atoms with Gasteiger partial charge in [0.15, 0.2) is 5.76 Å². The van der Waals surface area contributed by atoms with Gasteiger partial charge < -0.3 is 8.94 Å². The number of rotatable bonds is 4. The largest absolute Gasteiger partial charge is 0.461 e. The predicted octanol–water partition coefficient (Wildman–Crippen LogP) is 2.87. The molecule has 6 nitrogen and oxygen atoms in total. The number of hydrogen-bond acceptors (Lipinski definition) is 5. The summed E-state index contributed by atoms with van der Waals surface area (Å²) >= 11 is 5.93. The molecule has 3 aromatic heterocycles. The molecule has 0 saturated carbocycles. The van der Waals surface area contributed by atoms with E-state index in [1.165, 1.54) is 0 Å². The van der Waals surface area contributed by atoms with Crippen molar-refractivity contribution in [3.8, 4) is 11.5 Å². The number of furan rings is 1. The van der Waals surface area contributed by atoms with Gasteiger partial charge in [0, 0.05) is 6.07 Å². The monoisotopic (exact) mass is 278 g/mol. The number of nitrogens with zero attached hydrogens (tertiary/aromatic N) is 4. The summed E-state index contributed by atoms with van der Waals surface area (Å²) in [5.74, 6) is 1.23. The normalized spacial score (nSPS) is 12.7. The van der Waals surface area contributed by atoms with Gasteiger partial charge in [-0.15, -0.1) is 16.7 Å². The molecule has 1 unspecified atom stereocenters. The molecule has 0 aromatic carbocycles. The van der Waals surface area contributed by atoms with Crippen LogP contribution in [0.4, 0.5) is 0 Å². The average Bonchev–Trinajstić information content (AvgIpc) is 3.09. The Balaban J connectivity index is 1.76. The van der Waals surface area contributed by atoms with E-state index in [9.17, 15) is 0 Å². The van der Waals surface area contributed by atoms with E-state index < -0.39 is 0 Å². The van der Waals surface area contributed by atoms with E-state index in [4.69, 9.17) is 20.5 Å². The van der Waals surface area contributed by atoms with E-state index in [0.29, 0.717) is 18.1 Å². The van der Waals surface area contributed by atoms with Crippen LogP contribution in [0.5, 0.6) is 0 Å². The van der Waals surface area contributed by atoms with Crippen molar-refractivity contribution < 1.29 is 8.94 Å². The molecule has 0 aliphatic heterocycles. The van der Waals surface area contributed by atoms with E-state index in [-0.39, 0.29) is 5.38 Å². The third-order valence-electron chi connectivity index (χ3n) is 2.61. The Kier molecular flexibility index (Phi) is 3.08. The first kappa shape index (κ1) is 12.0. The molecule has 0 saturated heterocycles. The van der Waals surface area contributed by atoms with Crippen molar-refractivity contribution in [2.75, 3.05) is 0 Å². The quantitative estimate of drug-likeness (QED) is 0.686. The topological polar surface area (TPSA) is 69.9 Å². The molecule has 0 aliphatic carbocycles. The van der Waals surface area contributed by atoms with Crippen LogP contribution in [0, 0.1) is 0 Å². The molecular formula is C12H11ClN4O2. The van der Waals surface area contributed by atoms with Crippen LogP contribution >= 0.6 is 11.6 Å². The Morgan fingerprint density at radius 3 is 3.00 bits per heavy atom. The smallest absolute Gasteiger partial charge is 0.202 e. The minimum absolute atomic E-state index is 0.162. The van der Waals surface area contributed by atoms with E-state index in [0.717, 1.165) is 11.4 Å². The summed E-state index contributed by atoms with van der Waals surface area (Å²) in [5, 5.41) is 11.8. The summed E-state index contributed by atoms with van der Waals surface area (Å²) in [5.41, 5.74) is 1.47. The number of halogens is 1. The minimum atomic E-state index is -0.162. The van der Waals surface area contributed by atoms with Gasteiger partial charge in [-0.2, -0.15) is 0 Å². The third-order valence-corrected chi connectivity index (χ3v) is 2.83. The van der Waals surface area contributed by atoms with Gasteiger partial charge in [0.05, 0.1) is 24.4 Å². The van der Waals surface area contributed by atoms with E-state index in [2.05, 4.69) is 15.5 Å². The van der Waals surface area contributed by atoms with E-state index in [1.807, 2.05) is 19.1 Å². The maximum Gasteiger partial charge on any atom is 0.202 e. The van der Waals surface area contributed by atoms with Crippen LogP contribution in [0.3, 0.4) is 0 Å². The number of hydrogen-bond donors (Lipinski definition) is 0. The molecule has 0 N–H and O–H groups in total. The summed E-state index contributed by atoms with van der Waals surface area (Å²) in [6.45, 7) is 2.32. The molecule has 0 amide bonds. The highest BCUT2D eigenvalue weighted by Gasteiger charge is 2.11. The van der Waals surface area contributed by atoms with Crippen molar-refractivity contribution in [3.05, 3.63) is 42.0 Å². The molecule has 1 atom stereocenters. The average molecular weight is 279 g/mol. The maximum absolute atomic E-state index is 5.93. The van der Waals surface area contributed by atoms with Gasteiger partial charge in [0.1, 0.15) is 11.4 Å². The lowest BCUT2D eigenvalue weighted by Gasteiger charge is -1.94. The summed E-state index contributed by atoms with van der Waals surface area (Å²) < 4.78 is 12.1. The highest BCUT2D eigenvalue weighted by atomic mass is 35.5. The Hall–Kier alpha value is -2.08. The Bertz CT molecular complexity index is 657. The second kappa shape index (κ2) is 4.89. The molecule has 3 heterocycles. The first-order valence-electron chi connectivity index (χ1n) is 5.76. The van der Waals surface area contributed by atoms with Gasteiger partial charge in [0.2, 0.25) is 5.76 Å². The van der Waals surface area contributed by atoms with Crippen LogP contribution in [0.2, 0.25) is 0 Å². The Morgan fingerprint density at radius 1 is 1.42 bits per heavy atom. The second-order valence-corrected chi connectivity index (χ2v) is 4.77. The lowest BCUT2D eigenvalue weighted by atomic mass is 10.3. The fourth-order valence-electron chi connectivity index (χ4n) is 1.66. The lowest BCUT2D eigenvalue weighted by Crippen LogP contribution is -2.00. The predicted molar refractivity (Wildman–Crippen MR) is 67.6 cm³/mol. The van der Waals surface area contributed by atoms with Crippen molar-refractivity contribution in [1.82, 2.24) is 20.2 Å². The van der Waals surface area contributed by atoms with Gasteiger partial charge in [-0.05, 0) is 19.1 Å². The molecule has 0 fully saturated rings. The zero-order valence-corrected chi connectivity index (χ0v) is 10.9. The molecular weight excluding hydrogens is 268 g/mol. The zero-order valence-electron chi connectivity index (χ0n) is 10.2. The van der Waals surface area contributed by atoms with Gasteiger partial charge >= 0.3 is 0 Å². The zero-order chi connectivity index (χ0) is 13.2. The SMILES string of the molecule is CC(Cl)c1cn(Cc2cc(-c3ccco3)on2)nn1. The van der Waals surface area contributed by atoms with Crippen molar-refractivity contribution >= 4 is 11.6 Å². The second-order valence-electron chi connectivity index (χ2n) is 4.12. The molecule has 0 radical (unpaired) electrons. The first-order valence-corrected chi connectivity index (χ1v) is 6.19. The molecule has 98 valence electrons. The summed E-state index contributed by atoms with van der Waals surface area (Å²) in [6.07, 6.45) is 3.38. The highest BCUT2D eigenvalue weighted by molar-refractivity contribution is 6.20. The molecule has 0 spiro atoms. The van der Waals surface area contributed by atoms with Crippen LogP contribution in [0.25, 0.3) is 11.5 Å². The van der Waals surface area contributed by atoms with Crippen molar-refractivity contribution in [3.63, 3.8) is 0 Å². The van der Waals surface area contributed by atoms with Gasteiger partial charge in [-0.1, -0.05) is 10.4 Å². The Morgan fingerprint density at radius 2 is 2.32 bits per heavy atom. The summed E-state index contributed by atoms with van der Waals surface area (Å²) in [6, 6.07) is 5.42. The van der Waals surface area contributed by atoms with Gasteiger partial charge in [0.25, 0.3) is 0 Å². The molecule has 7 heteroatoms. The van der Waals surface area contributed by atoms with Crippen molar-refractivity contribution in [2.24, 2.45) is 0 Å². The van der Waals surface area contributed by atoms with E-state index in [1.54, 1.807) is 23.2 Å². The highest BCUT2D eigenvalue weighted by Crippen LogP contribution is 2.21. The van der Waals surface area contributed by atoms with Crippen LogP contribution in [0.1, 0.15) is 23.7 Å². The van der Waals surface area contributed by atoms with Gasteiger partial charge in [-0.3, -0.25) is 0 Å². The Labute approximate surface area is 113 Å². The van der Waals surface area contributed by atoms with E-state index >= 15 is 0 Å². The lowest BCUT2D eigenvalue weighted by molar-refractivity contribution is 0.407. The molecule has 3 rings (SSSR count). The fraction of sp³-hybridized carbons (Fsp3) is 0.250. The molecule has 0 aliphatic rings. The third kappa shape index (κ3) is 2.53. The summed E-state index contributed by atoms with van der Waals surface area (Å²) in [4.78, 5) is 0. The number of aromatic nitrogens is 4. The van der Waals surface area contributed by atoms with Crippen molar-refractivity contribution in [1.29, 1.82) is 0 Å². The summed E-state index contributed by atoms with van der Waals surface area (Å²) in [7, 11) is 0. The van der Waals surface area contributed by atoms with Gasteiger partial charge in [-0.25, -0.2) is 4.68 Å². The fourth-order valence-corrected chi connectivity index (χ4v) is 1.76.